The number of ketones is 1. The summed E-state index contributed by atoms with van der Waals surface area (Å²) in [5.41, 5.74) is 4.65. The van der Waals surface area contributed by atoms with Crippen molar-refractivity contribution in [2.45, 2.75) is 45.6 Å². The van der Waals surface area contributed by atoms with Crippen LogP contribution in [0.5, 0.6) is 0 Å². The number of anilines is 1. The first-order valence-corrected chi connectivity index (χ1v) is 10.3. The van der Waals surface area contributed by atoms with Gasteiger partial charge in [0.05, 0.1) is 6.04 Å². The van der Waals surface area contributed by atoms with Crippen LogP contribution in [-0.2, 0) is 6.42 Å². The maximum Gasteiger partial charge on any atom is 0.258 e. The number of carbonyl (C=O) groups excluding carboxylic acids is 2. The van der Waals surface area contributed by atoms with Gasteiger partial charge in [-0.25, -0.2) is 0 Å². The molecule has 1 amide bonds. The summed E-state index contributed by atoms with van der Waals surface area (Å²) in [5, 5.41) is 0. The van der Waals surface area contributed by atoms with Crippen molar-refractivity contribution < 1.29 is 9.59 Å². The van der Waals surface area contributed by atoms with E-state index < -0.39 is 0 Å². The molecule has 0 radical (unpaired) electrons. The van der Waals surface area contributed by atoms with Gasteiger partial charge in [-0.2, -0.15) is 0 Å². The van der Waals surface area contributed by atoms with Crippen LogP contribution < -0.4 is 4.90 Å². The van der Waals surface area contributed by atoms with Gasteiger partial charge in [-0.3, -0.25) is 14.5 Å². The SMILES string of the molecule is Cc1ccc(C(=O)N2CCc3cc(C(=O)C(C)N4CCCCC4)ccc32)cc1. The second-order valence-electron chi connectivity index (χ2n) is 8.05. The van der Waals surface area contributed by atoms with Gasteiger partial charge in [-0.05, 0) is 82.1 Å². The minimum atomic E-state index is -0.0787. The number of Topliss-reactive ketones (excluding diaryl/α,β-unsaturated/α-hetero) is 1. The first kappa shape index (κ1) is 18.9. The zero-order chi connectivity index (χ0) is 19.7. The van der Waals surface area contributed by atoms with Gasteiger partial charge in [0, 0.05) is 23.4 Å². The molecule has 146 valence electrons. The number of hydrogen-bond acceptors (Lipinski definition) is 3. The lowest BCUT2D eigenvalue weighted by Gasteiger charge is -2.31. The van der Waals surface area contributed by atoms with Crippen molar-refractivity contribution in [3.63, 3.8) is 0 Å². The third kappa shape index (κ3) is 3.61. The molecule has 0 N–H and O–H groups in total. The summed E-state index contributed by atoms with van der Waals surface area (Å²) >= 11 is 0. The fourth-order valence-electron chi connectivity index (χ4n) is 4.33. The van der Waals surface area contributed by atoms with Crippen LogP contribution in [0.4, 0.5) is 5.69 Å². The number of aryl methyl sites for hydroxylation is 1. The molecule has 2 heterocycles. The summed E-state index contributed by atoms with van der Waals surface area (Å²) in [6.07, 6.45) is 4.42. The summed E-state index contributed by atoms with van der Waals surface area (Å²) < 4.78 is 0. The molecule has 2 aromatic rings. The quantitative estimate of drug-likeness (QED) is 0.749. The molecule has 1 unspecified atom stereocenters. The molecule has 4 heteroatoms. The van der Waals surface area contributed by atoms with Crippen LogP contribution in [0.2, 0.25) is 0 Å². The van der Waals surface area contributed by atoms with E-state index in [9.17, 15) is 9.59 Å². The fourth-order valence-corrected chi connectivity index (χ4v) is 4.33. The Morgan fingerprint density at radius 1 is 0.893 bits per heavy atom. The smallest absolute Gasteiger partial charge is 0.258 e. The average Bonchev–Trinajstić information content (AvgIpc) is 3.16. The molecule has 0 aliphatic carbocycles. The Balaban J connectivity index is 1.52. The highest BCUT2D eigenvalue weighted by Gasteiger charge is 2.28. The molecule has 0 spiro atoms. The van der Waals surface area contributed by atoms with E-state index in [-0.39, 0.29) is 17.7 Å². The maximum atomic E-state index is 13.0. The number of benzene rings is 2. The predicted molar refractivity (Wildman–Crippen MR) is 112 cm³/mol. The Kier molecular flexibility index (Phi) is 5.31. The Hall–Kier alpha value is -2.46. The molecule has 4 rings (SSSR count). The minimum Gasteiger partial charge on any atom is -0.308 e. The van der Waals surface area contributed by atoms with Crippen LogP contribution in [0, 0.1) is 6.92 Å². The van der Waals surface area contributed by atoms with Crippen LogP contribution in [0.3, 0.4) is 0 Å². The predicted octanol–water partition coefficient (Wildman–Crippen LogP) is 4.26. The molecule has 1 saturated heterocycles. The van der Waals surface area contributed by atoms with Gasteiger partial charge in [0.25, 0.3) is 5.91 Å². The van der Waals surface area contributed by atoms with E-state index in [1.807, 2.05) is 61.2 Å². The number of rotatable bonds is 4. The molecule has 28 heavy (non-hydrogen) atoms. The third-order valence-electron chi connectivity index (χ3n) is 6.12. The summed E-state index contributed by atoms with van der Waals surface area (Å²) in [7, 11) is 0. The molecule has 2 aromatic carbocycles. The van der Waals surface area contributed by atoms with Crippen LogP contribution in [-0.4, -0.2) is 42.3 Å². The Morgan fingerprint density at radius 2 is 1.57 bits per heavy atom. The van der Waals surface area contributed by atoms with E-state index in [1.54, 1.807) is 0 Å². The van der Waals surface area contributed by atoms with Gasteiger partial charge in [-0.15, -0.1) is 0 Å². The number of fused-ring (bicyclic) bond motifs is 1. The monoisotopic (exact) mass is 376 g/mol. The molecule has 4 nitrogen and oxygen atoms in total. The molecule has 0 saturated carbocycles. The zero-order valence-corrected chi connectivity index (χ0v) is 16.8. The molecular formula is C24H28N2O2. The van der Waals surface area contributed by atoms with Crippen LogP contribution in [0.1, 0.15) is 58.0 Å². The largest absolute Gasteiger partial charge is 0.308 e. The Morgan fingerprint density at radius 3 is 2.29 bits per heavy atom. The van der Waals surface area contributed by atoms with E-state index in [2.05, 4.69) is 4.90 Å². The number of hydrogen-bond donors (Lipinski definition) is 0. The van der Waals surface area contributed by atoms with E-state index in [4.69, 9.17) is 0 Å². The van der Waals surface area contributed by atoms with Gasteiger partial charge < -0.3 is 4.90 Å². The molecule has 0 aromatic heterocycles. The minimum absolute atomic E-state index is 0.0273. The lowest BCUT2D eigenvalue weighted by Crippen LogP contribution is -2.42. The van der Waals surface area contributed by atoms with Gasteiger partial charge in [0.1, 0.15) is 0 Å². The third-order valence-corrected chi connectivity index (χ3v) is 6.12. The molecule has 2 aliphatic heterocycles. The topological polar surface area (TPSA) is 40.6 Å². The van der Waals surface area contributed by atoms with Crippen molar-refractivity contribution in [3.8, 4) is 0 Å². The number of amides is 1. The first-order chi connectivity index (χ1) is 13.5. The molecule has 1 atom stereocenters. The first-order valence-electron chi connectivity index (χ1n) is 10.3. The highest BCUT2D eigenvalue weighted by molar-refractivity contribution is 6.08. The summed E-state index contributed by atoms with van der Waals surface area (Å²) in [5.74, 6) is 0.215. The molecule has 0 bridgehead atoms. The van der Waals surface area contributed by atoms with E-state index in [0.29, 0.717) is 12.1 Å². The number of nitrogens with zero attached hydrogens (tertiary/aromatic N) is 2. The number of likely N-dealkylation sites (tertiary alicyclic amines) is 1. The van der Waals surface area contributed by atoms with E-state index in [0.717, 1.165) is 41.9 Å². The second kappa shape index (κ2) is 7.88. The van der Waals surface area contributed by atoms with Crippen molar-refractivity contribution >= 4 is 17.4 Å². The van der Waals surface area contributed by atoms with Crippen molar-refractivity contribution in [3.05, 3.63) is 64.7 Å². The lowest BCUT2D eigenvalue weighted by atomic mass is 9.99. The van der Waals surface area contributed by atoms with Crippen LogP contribution in [0.15, 0.2) is 42.5 Å². The lowest BCUT2D eigenvalue weighted by molar-refractivity contribution is 0.0808. The zero-order valence-electron chi connectivity index (χ0n) is 16.8. The second-order valence-corrected chi connectivity index (χ2v) is 8.05. The van der Waals surface area contributed by atoms with E-state index >= 15 is 0 Å². The van der Waals surface area contributed by atoms with Crippen LogP contribution in [0.25, 0.3) is 0 Å². The standard InChI is InChI=1S/C24H28N2O2/c1-17-6-8-19(9-7-17)24(28)26-15-12-20-16-21(10-11-22(20)26)23(27)18(2)25-13-4-3-5-14-25/h6-11,16,18H,3-5,12-15H2,1-2H3. The summed E-state index contributed by atoms with van der Waals surface area (Å²) in [4.78, 5) is 30.0. The average molecular weight is 377 g/mol. The summed E-state index contributed by atoms with van der Waals surface area (Å²) in [6, 6.07) is 13.5. The van der Waals surface area contributed by atoms with Gasteiger partial charge in [-0.1, -0.05) is 24.1 Å². The number of piperidine rings is 1. The van der Waals surface area contributed by atoms with Crippen LogP contribution >= 0.6 is 0 Å². The van der Waals surface area contributed by atoms with Crippen molar-refractivity contribution in [2.75, 3.05) is 24.5 Å². The van der Waals surface area contributed by atoms with E-state index in [1.165, 1.54) is 19.3 Å². The molecule has 1 fully saturated rings. The maximum absolute atomic E-state index is 13.0. The molecular weight excluding hydrogens is 348 g/mol. The Bertz CT molecular complexity index is 882. The highest BCUT2D eigenvalue weighted by Crippen LogP contribution is 2.31. The van der Waals surface area contributed by atoms with Crippen molar-refractivity contribution in [2.24, 2.45) is 0 Å². The van der Waals surface area contributed by atoms with Gasteiger partial charge in [0.2, 0.25) is 0 Å². The number of carbonyl (C=O) groups is 2. The Labute approximate surface area is 167 Å². The normalized spacial score (nSPS) is 18.0. The van der Waals surface area contributed by atoms with Crippen molar-refractivity contribution in [1.82, 2.24) is 4.90 Å². The fraction of sp³-hybridized carbons (Fsp3) is 0.417. The van der Waals surface area contributed by atoms with Crippen molar-refractivity contribution in [1.29, 1.82) is 0 Å². The van der Waals surface area contributed by atoms with Gasteiger partial charge >= 0.3 is 0 Å². The van der Waals surface area contributed by atoms with Gasteiger partial charge in [0.15, 0.2) is 5.78 Å². The molecule has 2 aliphatic rings. The highest BCUT2D eigenvalue weighted by atomic mass is 16.2. The summed E-state index contributed by atoms with van der Waals surface area (Å²) in [6.45, 7) is 6.73.